The lowest BCUT2D eigenvalue weighted by Crippen LogP contribution is -2.46. The molecule has 1 radical (unpaired) electrons. The van der Waals surface area contributed by atoms with Crippen molar-refractivity contribution in [3.05, 3.63) is 30.2 Å². The summed E-state index contributed by atoms with van der Waals surface area (Å²) >= 11 is 0. The molecule has 0 aromatic heterocycles. The van der Waals surface area contributed by atoms with Gasteiger partial charge in [0.1, 0.15) is 6.10 Å². The number of carbonyl (C=O) groups is 1. The summed E-state index contributed by atoms with van der Waals surface area (Å²) in [6.07, 6.45) is 9.52. The second kappa shape index (κ2) is 5.94. The van der Waals surface area contributed by atoms with E-state index in [1.165, 1.54) is 31.3 Å². The van der Waals surface area contributed by atoms with Crippen molar-refractivity contribution >= 4 is 5.97 Å². The van der Waals surface area contributed by atoms with Crippen LogP contribution in [0.1, 0.15) is 46.5 Å². The largest absolute Gasteiger partial charge is 0.458 e. The molecule has 3 saturated carbocycles. The Kier molecular flexibility index (Phi) is 4.49. The van der Waals surface area contributed by atoms with E-state index >= 15 is 0 Å². The highest BCUT2D eigenvalue weighted by molar-refractivity contribution is 5.87. The molecule has 4 aliphatic carbocycles. The summed E-state index contributed by atoms with van der Waals surface area (Å²) in [7, 11) is 0. The Morgan fingerprint density at radius 3 is 2.21 bits per heavy atom. The van der Waals surface area contributed by atoms with Crippen molar-refractivity contribution in [2.45, 2.75) is 52.6 Å². The molecule has 0 heterocycles. The fourth-order valence-electron chi connectivity index (χ4n) is 3.52. The second-order valence-corrected chi connectivity index (χ2v) is 5.68. The number of fused-ring (bicyclic) bond motifs is 3. The molecule has 2 nitrogen and oxygen atoms in total. The lowest BCUT2D eigenvalue weighted by atomic mass is 9.62. The van der Waals surface area contributed by atoms with Crippen molar-refractivity contribution in [3.8, 4) is 0 Å². The first kappa shape index (κ1) is 14.4. The van der Waals surface area contributed by atoms with Crippen LogP contribution >= 0.6 is 0 Å². The average molecular weight is 261 g/mol. The average Bonchev–Trinajstić information content (AvgIpc) is 3.26. The van der Waals surface area contributed by atoms with E-state index in [-0.39, 0.29) is 12.1 Å². The van der Waals surface area contributed by atoms with Crippen LogP contribution in [-0.4, -0.2) is 12.1 Å². The van der Waals surface area contributed by atoms with Gasteiger partial charge in [0.05, 0.1) is 0 Å². The monoisotopic (exact) mass is 261 g/mol. The third-order valence-corrected chi connectivity index (χ3v) is 4.48. The predicted octanol–water partition coefficient (Wildman–Crippen LogP) is 4.08. The maximum Gasteiger partial charge on any atom is 0.333 e. The Labute approximate surface area is 116 Å². The van der Waals surface area contributed by atoms with Gasteiger partial charge in [-0.3, -0.25) is 0 Å². The first-order valence-corrected chi connectivity index (χ1v) is 7.58. The number of hydrogen-bond acceptors (Lipinski definition) is 2. The molecule has 3 fully saturated rings. The molecule has 2 atom stereocenters. The van der Waals surface area contributed by atoms with Gasteiger partial charge in [-0.15, -0.1) is 0 Å². The Hall–Kier alpha value is -1.05. The highest BCUT2D eigenvalue weighted by Gasteiger charge is 2.48. The topological polar surface area (TPSA) is 26.3 Å². The van der Waals surface area contributed by atoms with E-state index in [4.69, 9.17) is 4.74 Å². The Balaban J connectivity index is 0.000000637. The minimum Gasteiger partial charge on any atom is -0.458 e. The van der Waals surface area contributed by atoms with E-state index in [1.54, 1.807) is 6.92 Å². The lowest BCUT2D eigenvalue weighted by Gasteiger charge is -2.47. The molecule has 0 aromatic carbocycles. The molecule has 19 heavy (non-hydrogen) atoms. The maximum absolute atomic E-state index is 11.7. The Bertz CT molecular complexity index is 386. The highest BCUT2D eigenvalue weighted by atomic mass is 16.5. The van der Waals surface area contributed by atoms with Gasteiger partial charge in [-0.05, 0) is 44.4 Å². The summed E-state index contributed by atoms with van der Waals surface area (Å²) in [6, 6.07) is 0. The molecule has 4 aliphatic rings. The fourth-order valence-corrected chi connectivity index (χ4v) is 3.52. The number of hydrogen-bond donors (Lipinski definition) is 0. The van der Waals surface area contributed by atoms with Crippen molar-refractivity contribution in [2.24, 2.45) is 17.8 Å². The first-order valence-electron chi connectivity index (χ1n) is 7.58. The fraction of sp³-hybridized carbons (Fsp3) is 0.647. The van der Waals surface area contributed by atoms with Crippen molar-refractivity contribution in [1.82, 2.24) is 0 Å². The molecule has 0 aliphatic heterocycles. The van der Waals surface area contributed by atoms with E-state index in [9.17, 15) is 4.79 Å². The number of ether oxygens (including phenoxy) is 1. The van der Waals surface area contributed by atoms with Crippen LogP contribution in [0.5, 0.6) is 0 Å². The van der Waals surface area contributed by atoms with Gasteiger partial charge in [-0.1, -0.05) is 32.1 Å². The van der Waals surface area contributed by atoms with Gasteiger partial charge in [0, 0.05) is 17.9 Å². The van der Waals surface area contributed by atoms with Gasteiger partial charge in [0.2, 0.25) is 0 Å². The smallest absolute Gasteiger partial charge is 0.333 e. The lowest BCUT2D eigenvalue weighted by molar-refractivity contribution is -0.157. The predicted molar refractivity (Wildman–Crippen MR) is 77.4 cm³/mol. The number of carbonyl (C=O) groups excluding carboxylic acids is 1. The molecule has 2 unspecified atom stereocenters. The maximum atomic E-state index is 11.7. The molecule has 4 rings (SSSR count). The van der Waals surface area contributed by atoms with Crippen molar-refractivity contribution in [3.63, 3.8) is 0 Å². The molecular weight excluding hydrogens is 236 g/mol. The number of allylic oxidation sites excluding steroid dienone is 1. The zero-order valence-corrected chi connectivity index (χ0v) is 12.3. The van der Waals surface area contributed by atoms with Crippen LogP contribution in [0.3, 0.4) is 0 Å². The molecule has 105 valence electrons. The van der Waals surface area contributed by atoms with E-state index < -0.39 is 0 Å². The summed E-state index contributed by atoms with van der Waals surface area (Å²) < 4.78 is 5.70. The standard InChI is InChI=1S/C15H19O2.C2H6/c1-9(2)15(16)17-14-12-7-5-11(6-8-12)13(14)10-3-4-10;1-2/h3-4,11-14H,1,5-8H2,2H3;1-2H3. The molecule has 0 spiro atoms. The van der Waals surface area contributed by atoms with E-state index in [2.05, 4.69) is 19.1 Å². The summed E-state index contributed by atoms with van der Waals surface area (Å²) in [5.41, 5.74) is 1.93. The molecule has 0 amide bonds. The van der Waals surface area contributed by atoms with Crippen molar-refractivity contribution in [1.29, 1.82) is 0 Å². The molecular formula is C17H25O2. The van der Waals surface area contributed by atoms with Crippen LogP contribution < -0.4 is 0 Å². The third-order valence-electron chi connectivity index (χ3n) is 4.48. The van der Waals surface area contributed by atoms with Crippen LogP contribution in [0.4, 0.5) is 0 Å². The first-order chi connectivity index (χ1) is 9.16. The van der Waals surface area contributed by atoms with E-state index in [0.29, 0.717) is 17.4 Å². The van der Waals surface area contributed by atoms with Gasteiger partial charge in [-0.25, -0.2) is 4.79 Å². The van der Waals surface area contributed by atoms with Gasteiger partial charge in [0.25, 0.3) is 0 Å². The molecule has 0 saturated heterocycles. The number of rotatable bonds is 3. The third kappa shape index (κ3) is 2.93. The molecule has 2 heteroatoms. The zero-order chi connectivity index (χ0) is 14.0. The highest BCUT2D eigenvalue weighted by Crippen LogP contribution is 2.52. The minimum absolute atomic E-state index is 0.108. The van der Waals surface area contributed by atoms with Crippen molar-refractivity contribution in [2.75, 3.05) is 0 Å². The minimum atomic E-state index is -0.214. The Morgan fingerprint density at radius 2 is 1.74 bits per heavy atom. The Morgan fingerprint density at radius 1 is 1.21 bits per heavy atom. The zero-order valence-electron chi connectivity index (χ0n) is 12.3. The van der Waals surface area contributed by atoms with Gasteiger partial charge < -0.3 is 4.74 Å². The van der Waals surface area contributed by atoms with Crippen LogP contribution in [0.15, 0.2) is 23.8 Å². The number of esters is 1. The van der Waals surface area contributed by atoms with Crippen molar-refractivity contribution < 1.29 is 9.53 Å². The van der Waals surface area contributed by atoms with Crippen LogP contribution in [0.2, 0.25) is 0 Å². The van der Waals surface area contributed by atoms with Gasteiger partial charge in [-0.2, -0.15) is 0 Å². The van der Waals surface area contributed by atoms with Crippen LogP contribution in [0.25, 0.3) is 0 Å². The summed E-state index contributed by atoms with van der Waals surface area (Å²) in [5.74, 6) is 1.57. The van der Waals surface area contributed by atoms with E-state index in [0.717, 1.165) is 5.92 Å². The quantitative estimate of drug-likeness (QED) is 0.565. The summed E-state index contributed by atoms with van der Waals surface area (Å²) in [5, 5.41) is 0. The van der Waals surface area contributed by atoms with Crippen LogP contribution in [0, 0.1) is 24.2 Å². The summed E-state index contributed by atoms with van der Waals surface area (Å²) in [6.45, 7) is 9.39. The summed E-state index contributed by atoms with van der Waals surface area (Å²) in [4.78, 5) is 11.7. The SMILES string of the molecule is C=C(C)C(=O)OC1C2CCC(CC2)C1C1=C[CH]1.CC. The second-order valence-electron chi connectivity index (χ2n) is 5.68. The van der Waals surface area contributed by atoms with E-state index in [1.807, 2.05) is 13.8 Å². The van der Waals surface area contributed by atoms with Gasteiger partial charge in [0.15, 0.2) is 0 Å². The molecule has 0 aromatic rings. The van der Waals surface area contributed by atoms with Crippen LogP contribution in [-0.2, 0) is 9.53 Å². The van der Waals surface area contributed by atoms with Gasteiger partial charge >= 0.3 is 5.97 Å². The molecule has 2 bridgehead atoms. The normalized spacial score (nSPS) is 34.8. The molecule has 0 N–H and O–H groups in total.